The Kier molecular flexibility index (Phi) is 5.27. The fourth-order valence-electron chi connectivity index (χ4n) is 4.19. The number of anilines is 1. The zero-order chi connectivity index (χ0) is 21.5. The predicted molar refractivity (Wildman–Crippen MR) is 105 cm³/mol. The molecule has 2 aromatic rings. The third-order valence-electron chi connectivity index (χ3n) is 5.91. The lowest BCUT2D eigenvalue weighted by molar-refractivity contribution is -0.121. The molecule has 1 heterocycles. The van der Waals surface area contributed by atoms with Gasteiger partial charge in [0.2, 0.25) is 0 Å². The maximum Gasteiger partial charge on any atom is 0.329 e. The van der Waals surface area contributed by atoms with Crippen LogP contribution in [0.25, 0.3) is 0 Å². The molecular formula is C22H22F3N3O2. The number of carbonyl (C=O) groups is 2. The van der Waals surface area contributed by atoms with E-state index in [2.05, 4.69) is 10.6 Å². The molecule has 0 aromatic heterocycles. The molecule has 5 nitrogen and oxygen atoms in total. The minimum Gasteiger partial charge on any atom is -0.323 e. The Morgan fingerprint density at radius 1 is 1.10 bits per heavy atom. The second-order valence-electron chi connectivity index (χ2n) is 7.93. The van der Waals surface area contributed by atoms with E-state index in [1.807, 2.05) is 6.07 Å². The molecular weight excluding hydrogens is 395 g/mol. The van der Waals surface area contributed by atoms with Crippen LogP contribution < -0.4 is 15.5 Å². The van der Waals surface area contributed by atoms with E-state index in [0.717, 1.165) is 30.5 Å². The minimum absolute atomic E-state index is 0.222. The molecule has 0 radical (unpaired) electrons. The van der Waals surface area contributed by atoms with Gasteiger partial charge in [-0.25, -0.2) is 22.9 Å². The van der Waals surface area contributed by atoms with E-state index >= 15 is 0 Å². The summed E-state index contributed by atoms with van der Waals surface area (Å²) in [6.07, 6.45) is 3.12. The Morgan fingerprint density at radius 3 is 2.43 bits per heavy atom. The van der Waals surface area contributed by atoms with Crippen LogP contribution in [0.2, 0.25) is 0 Å². The van der Waals surface area contributed by atoms with Gasteiger partial charge < -0.3 is 10.6 Å². The Morgan fingerprint density at radius 2 is 1.77 bits per heavy atom. The van der Waals surface area contributed by atoms with Crippen LogP contribution in [0.15, 0.2) is 36.4 Å². The molecule has 2 aliphatic rings. The predicted octanol–water partition coefficient (Wildman–Crippen LogP) is 4.32. The van der Waals surface area contributed by atoms with Crippen molar-refractivity contribution in [3.05, 3.63) is 65.0 Å². The van der Waals surface area contributed by atoms with Crippen LogP contribution in [-0.2, 0) is 11.3 Å². The van der Waals surface area contributed by atoms with Crippen LogP contribution in [0.3, 0.4) is 0 Å². The molecule has 8 heteroatoms. The molecule has 2 fully saturated rings. The van der Waals surface area contributed by atoms with Crippen LogP contribution in [0.4, 0.5) is 23.7 Å². The van der Waals surface area contributed by atoms with Crippen molar-refractivity contribution in [2.24, 2.45) is 0 Å². The summed E-state index contributed by atoms with van der Waals surface area (Å²) in [5, 5.41) is 5.97. The first-order chi connectivity index (χ1) is 14.3. The third kappa shape index (κ3) is 3.56. The van der Waals surface area contributed by atoms with Crippen molar-refractivity contribution < 1.29 is 22.8 Å². The number of urea groups is 1. The van der Waals surface area contributed by atoms with E-state index in [0.29, 0.717) is 25.1 Å². The van der Waals surface area contributed by atoms with Gasteiger partial charge >= 0.3 is 6.03 Å². The Hall–Kier alpha value is -2.87. The fourth-order valence-corrected chi connectivity index (χ4v) is 4.19. The summed E-state index contributed by atoms with van der Waals surface area (Å²) in [5.74, 6) is -4.19. The number of hydrogen-bond acceptors (Lipinski definition) is 3. The summed E-state index contributed by atoms with van der Waals surface area (Å²) < 4.78 is 40.1. The average Bonchev–Trinajstić information content (AvgIpc) is 3.28. The highest BCUT2D eigenvalue weighted by Crippen LogP contribution is 2.37. The molecule has 0 bridgehead atoms. The molecule has 1 saturated carbocycles. The normalized spacial score (nSPS) is 18.9. The van der Waals surface area contributed by atoms with Crippen LogP contribution in [0, 0.1) is 17.5 Å². The number of nitrogens with one attached hydrogen (secondary N) is 2. The molecule has 2 N–H and O–H groups in total. The van der Waals surface area contributed by atoms with Gasteiger partial charge in [0.15, 0.2) is 17.5 Å². The van der Waals surface area contributed by atoms with Gasteiger partial charge in [-0.2, -0.15) is 0 Å². The SMILES string of the molecule is CC(NCc1cccc(N2C(=O)NC3(CCCC3)C2=O)c1)c1cc(F)c(F)c(F)c1. The highest BCUT2D eigenvalue weighted by atomic mass is 19.2. The number of imide groups is 1. The molecule has 30 heavy (non-hydrogen) atoms. The standard InChI is InChI=1S/C22H22F3N3O2/c1-13(15-10-17(23)19(25)18(24)11-15)26-12-14-5-4-6-16(9-14)28-20(29)22(27-21(28)30)7-2-3-8-22/h4-6,9-11,13,26H,2-3,7-8,12H2,1H3,(H,27,30). The number of benzene rings is 2. The summed E-state index contributed by atoms with van der Waals surface area (Å²) in [6, 6.07) is 8.05. The number of rotatable bonds is 5. The Balaban J connectivity index is 1.48. The van der Waals surface area contributed by atoms with Gasteiger partial charge in [-0.15, -0.1) is 0 Å². The minimum atomic E-state index is -1.49. The molecule has 2 aromatic carbocycles. The molecule has 1 spiro atoms. The van der Waals surface area contributed by atoms with Crippen molar-refractivity contribution in [3.63, 3.8) is 0 Å². The summed E-state index contributed by atoms with van der Waals surface area (Å²) in [5.41, 5.74) is 0.763. The fraction of sp³-hybridized carbons (Fsp3) is 0.364. The first-order valence-corrected chi connectivity index (χ1v) is 9.94. The lowest BCUT2D eigenvalue weighted by atomic mass is 9.98. The molecule has 1 aliphatic heterocycles. The molecule has 3 amide bonds. The van der Waals surface area contributed by atoms with Gasteiger partial charge in [0.05, 0.1) is 5.69 Å². The number of amides is 3. The van der Waals surface area contributed by atoms with Gasteiger partial charge in [-0.3, -0.25) is 4.79 Å². The van der Waals surface area contributed by atoms with Crippen molar-refractivity contribution in [3.8, 4) is 0 Å². The van der Waals surface area contributed by atoms with Crippen LogP contribution >= 0.6 is 0 Å². The zero-order valence-corrected chi connectivity index (χ0v) is 16.5. The monoisotopic (exact) mass is 417 g/mol. The number of hydrogen-bond donors (Lipinski definition) is 2. The van der Waals surface area contributed by atoms with Crippen LogP contribution in [0.5, 0.6) is 0 Å². The molecule has 1 saturated heterocycles. The quantitative estimate of drug-likeness (QED) is 0.563. The van der Waals surface area contributed by atoms with E-state index < -0.39 is 35.1 Å². The van der Waals surface area contributed by atoms with Gasteiger partial charge in [-0.1, -0.05) is 25.0 Å². The largest absolute Gasteiger partial charge is 0.329 e. The number of nitrogens with zero attached hydrogens (tertiary/aromatic N) is 1. The van der Waals surface area contributed by atoms with Gasteiger partial charge in [0.1, 0.15) is 5.54 Å². The first kappa shape index (κ1) is 20.4. The molecule has 4 rings (SSSR count). The molecule has 1 unspecified atom stereocenters. The molecule has 158 valence electrons. The maximum atomic E-state index is 13.5. The van der Waals surface area contributed by atoms with E-state index in [9.17, 15) is 22.8 Å². The van der Waals surface area contributed by atoms with Gasteiger partial charge in [0.25, 0.3) is 5.91 Å². The zero-order valence-electron chi connectivity index (χ0n) is 16.5. The smallest absolute Gasteiger partial charge is 0.323 e. The van der Waals surface area contributed by atoms with E-state index in [1.54, 1.807) is 25.1 Å². The highest BCUT2D eigenvalue weighted by molar-refractivity contribution is 6.23. The average molecular weight is 417 g/mol. The lowest BCUT2D eigenvalue weighted by Gasteiger charge is -2.20. The lowest BCUT2D eigenvalue weighted by Crippen LogP contribution is -2.44. The van der Waals surface area contributed by atoms with E-state index in [4.69, 9.17) is 0 Å². The summed E-state index contributed by atoms with van der Waals surface area (Å²) in [7, 11) is 0. The van der Waals surface area contributed by atoms with Crippen molar-refractivity contribution >= 4 is 17.6 Å². The Labute approximate surface area is 172 Å². The van der Waals surface area contributed by atoms with Crippen molar-refractivity contribution in [1.29, 1.82) is 0 Å². The van der Waals surface area contributed by atoms with Crippen molar-refractivity contribution in [2.75, 3.05) is 4.90 Å². The number of halogens is 3. The third-order valence-corrected chi connectivity index (χ3v) is 5.91. The highest BCUT2D eigenvalue weighted by Gasteiger charge is 2.52. The second-order valence-corrected chi connectivity index (χ2v) is 7.93. The molecule has 1 aliphatic carbocycles. The summed E-state index contributed by atoms with van der Waals surface area (Å²) >= 11 is 0. The Bertz CT molecular complexity index is 982. The topological polar surface area (TPSA) is 61.4 Å². The van der Waals surface area contributed by atoms with Crippen molar-refractivity contribution in [1.82, 2.24) is 10.6 Å². The number of carbonyl (C=O) groups excluding carboxylic acids is 2. The first-order valence-electron chi connectivity index (χ1n) is 9.94. The summed E-state index contributed by atoms with van der Waals surface area (Å²) in [6.45, 7) is 2.03. The second kappa shape index (κ2) is 7.75. The van der Waals surface area contributed by atoms with Crippen LogP contribution in [0.1, 0.15) is 49.8 Å². The molecule has 1 atom stereocenters. The van der Waals surface area contributed by atoms with Gasteiger partial charge in [-0.05, 0) is 55.2 Å². The summed E-state index contributed by atoms with van der Waals surface area (Å²) in [4.78, 5) is 26.6. The van der Waals surface area contributed by atoms with Crippen LogP contribution in [-0.4, -0.2) is 17.5 Å². The maximum absolute atomic E-state index is 13.5. The van der Waals surface area contributed by atoms with Gasteiger partial charge in [0, 0.05) is 12.6 Å². The van der Waals surface area contributed by atoms with Crippen molar-refractivity contribution in [2.45, 2.75) is 50.7 Å². The van der Waals surface area contributed by atoms with E-state index in [1.165, 1.54) is 4.90 Å². The van der Waals surface area contributed by atoms with E-state index in [-0.39, 0.29) is 11.5 Å².